The number of hydrogen-bond donors (Lipinski definition) is 2. The minimum absolute atomic E-state index is 0.0279. The topological polar surface area (TPSA) is 76.1 Å². The average molecular weight is 325 g/mol. The minimum atomic E-state index is -0.162. The fourth-order valence-corrected chi connectivity index (χ4v) is 3.38. The van der Waals surface area contributed by atoms with Crippen LogP contribution in [-0.4, -0.2) is 55.1 Å². The molecule has 3 rings (SSSR count). The van der Waals surface area contributed by atoms with Crippen molar-refractivity contribution in [2.45, 2.75) is 6.04 Å². The van der Waals surface area contributed by atoms with Crippen LogP contribution in [-0.2, 0) is 9.53 Å². The Hall–Kier alpha value is -1.27. The average Bonchev–Trinajstić information content (AvgIpc) is 3.07. The molecule has 2 unspecified atom stereocenters. The van der Waals surface area contributed by atoms with Crippen LogP contribution in [0.25, 0.3) is 11.0 Å². The van der Waals surface area contributed by atoms with Gasteiger partial charge in [0.1, 0.15) is 0 Å². The molecule has 6 nitrogen and oxygen atoms in total. The molecule has 2 aromatic rings. The second-order valence-corrected chi connectivity index (χ2v) is 5.57. The van der Waals surface area contributed by atoms with Crippen molar-refractivity contribution in [1.29, 1.82) is 0 Å². The molecule has 1 fully saturated rings. The summed E-state index contributed by atoms with van der Waals surface area (Å²) in [4.78, 5) is 12.3. The van der Waals surface area contributed by atoms with E-state index in [-0.39, 0.29) is 32.8 Å². The van der Waals surface area contributed by atoms with Gasteiger partial charge in [-0.05, 0) is 0 Å². The predicted octanol–water partition coefficient (Wildman–Crippen LogP) is -0.140. The third-order valence-electron chi connectivity index (χ3n) is 3.33. The Kier molecular flexibility index (Phi) is 3.61. The first kappa shape index (κ1) is 12.7. The molecule has 1 aromatic heterocycles. The van der Waals surface area contributed by atoms with Gasteiger partial charge < -0.3 is 0 Å². The van der Waals surface area contributed by atoms with Gasteiger partial charge in [0.05, 0.1) is 0 Å². The van der Waals surface area contributed by atoms with Gasteiger partial charge in [0.25, 0.3) is 0 Å². The molecule has 2 N–H and O–H groups in total. The number of carbonyl (C=O) groups excluding carboxylic acids is 1. The first-order valence-corrected chi connectivity index (χ1v) is 7.60. The van der Waals surface area contributed by atoms with E-state index in [4.69, 9.17) is 4.74 Å². The van der Waals surface area contributed by atoms with Gasteiger partial charge >= 0.3 is 116 Å². The number of rotatable bonds is 3. The predicted molar refractivity (Wildman–Crippen MR) is 72.3 cm³/mol. The maximum atomic E-state index is 12.3. The van der Waals surface area contributed by atoms with Crippen molar-refractivity contribution in [1.82, 2.24) is 13.3 Å². The van der Waals surface area contributed by atoms with Crippen LogP contribution in [0.3, 0.4) is 0 Å². The van der Waals surface area contributed by atoms with E-state index in [1.54, 1.807) is 0 Å². The third kappa shape index (κ3) is 2.42. The molecule has 0 aliphatic carbocycles. The summed E-state index contributed by atoms with van der Waals surface area (Å²) in [7, 11) is 1.84. The van der Waals surface area contributed by atoms with Gasteiger partial charge in [0, 0.05) is 0 Å². The molecule has 0 bridgehead atoms. The molecule has 1 aromatic carbocycles. The first-order valence-electron chi connectivity index (χ1n) is 6.07. The summed E-state index contributed by atoms with van der Waals surface area (Å²) in [5.74, 6) is -0.190. The number of fused-ring (bicyclic) bond motifs is 1. The zero-order chi connectivity index (χ0) is 13.2. The van der Waals surface area contributed by atoms with Crippen LogP contribution in [0.5, 0.6) is 0 Å². The van der Waals surface area contributed by atoms with Crippen LogP contribution < -0.4 is 10.6 Å². The summed E-state index contributed by atoms with van der Waals surface area (Å²) < 4.78 is 14.0. The van der Waals surface area contributed by atoms with Crippen molar-refractivity contribution < 1.29 is 9.53 Å². The van der Waals surface area contributed by atoms with E-state index in [9.17, 15) is 4.79 Å². The van der Waals surface area contributed by atoms with Crippen molar-refractivity contribution in [3.63, 3.8) is 0 Å². The van der Waals surface area contributed by atoms with Gasteiger partial charge in [-0.2, -0.15) is 0 Å². The quantitative estimate of drug-likeness (QED) is 0.768. The summed E-state index contributed by atoms with van der Waals surface area (Å²) in [5.41, 5.74) is 2.41. The van der Waals surface area contributed by atoms with Gasteiger partial charge in [0.15, 0.2) is 0 Å². The van der Waals surface area contributed by atoms with Gasteiger partial charge in [0.2, 0.25) is 0 Å². The summed E-state index contributed by atoms with van der Waals surface area (Å²) in [6.45, 7) is 1.03. The second-order valence-electron chi connectivity index (χ2n) is 4.47. The van der Waals surface area contributed by atoms with Gasteiger partial charge in [-0.3, -0.25) is 0 Å². The molecule has 1 amide bonds. The van der Waals surface area contributed by atoms with Crippen LogP contribution in [0.1, 0.15) is 0 Å². The molecule has 1 aliphatic heterocycles. The van der Waals surface area contributed by atoms with Crippen molar-refractivity contribution >= 4 is 37.6 Å². The van der Waals surface area contributed by atoms with Gasteiger partial charge in [-0.1, -0.05) is 0 Å². The number of anilines is 1. The zero-order valence-electron chi connectivity index (χ0n) is 10.4. The molecule has 19 heavy (non-hydrogen) atoms. The summed E-state index contributed by atoms with van der Waals surface area (Å²) in [6, 6.07) is 5.73. The number of ether oxygens (including phenoxy) is 1. The Morgan fingerprint density at radius 2 is 2.32 bits per heavy atom. The van der Waals surface area contributed by atoms with E-state index in [1.807, 2.05) is 25.2 Å². The molecule has 0 spiro atoms. The van der Waals surface area contributed by atoms with E-state index < -0.39 is 0 Å². The third-order valence-corrected chi connectivity index (χ3v) is 4.47. The fraction of sp³-hybridized carbons (Fsp3) is 0.417. The summed E-state index contributed by atoms with van der Waals surface area (Å²) >= 11 is -0.0901. The summed E-state index contributed by atoms with van der Waals surface area (Å²) in [5, 5.41) is 6.05. The van der Waals surface area contributed by atoms with Crippen LogP contribution in [0.2, 0.25) is 0 Å². The molecule has 1 saturated heterocycles. The van der Waals surface area contributed by atoms with E-state index in [0.717, 1.165) is 16.7 Å². The molecule has 2 heterocycles. The number of hydrogen-bond acceptors (Lipinski definition) is 5. The van der Waals surface area contributed by atoms with Crippen molar-refractivity contribution in [3.8, 4) is 0 Å². The van der Waals surface area contributed by atoms with E-state index in [1.165, 1.54) is 0 Å². The van der Waals surface area contributed by atoms with Crippen LogP contribution in [0, 0.1) is 5.92 Å². The monoisotopic (exact) mass is 326 g/mol. The Balaban J connectivity index is 1.81. The SMILES string of the molecule is CNC1COCC1C(=O)Nc1cccc2n[se]nc12. The Labute approximate surface area is 116 Å². The number of nitrogens with one attached hydrogen (secondary N) is 2. The molecule has 0 radical (unpaired) electrons. The zero-order valence-corrected chi connectivity index (χ0v) is 12.1. The number of benzene rings is 1. The molecule has 100 valence electrons. The molecule has 7 heteroatoms. The molecular weight excluding hydrogens is 311 g/mol. The maximum absolute atomic E-state index is 12.3. The Bertz CT molecular complexity index is 600. The van der Waals surface area contributed by atoms with E-state index >= 15 is 0 Å². The second kappa shape index (κ2) is 5.38. The molecule has 1 aliphatic rings. The van der Waals surface area contributed by atoms with Crippen molar-refractivity contribution in [2.75, 3.05) is 25.6 Å². The van der Waals surface area contributed by atoms with Crippen LogP contribution >= 0.6 is 0 Å². The molecule has 2 atom stereocenters. The first-order chi connectivity index (χ1) is 9.29. The standard InChI is InChI=1S/C12H14N4O2Se/c1-13-10-6-18-5-7(10)12(17)14-8-3-2-4-9-11(8)16-19-15-9/h2-4,7,10,13H,5-6H2,1H3,(H,14,17). The normalized spacial score (nSPS) is 22.8. The van der Waals surface area contributed by atoms with Crippen molar-refractivity contribution in [2.24, 2.45) is 5.92 Å². The van der Waals surface area contributed by atoms with Crippen molar-refractivity contribution in [3.05, 3.63) is 18.2 Å². The number of amides is 1. The fourth-order valence-electron chi connectivity index (χ4n) is 2.23. The van der Waals surface area contributed by atoms with Gasteiger partial charge in [-0.15, -0.1) is 0 Å². The number of carbonyl (C=O) groups is 1. The van der Waals surface area contributed by atoms with Crippen LogP contribution in [0.4, 0.5) is 5.69 Å². The Morgan fingerprint density at radius 3 is 3.16 bits per heavy atom. The van der Waals surface area contributed by atoms with E-state index in [2.05, 4.69) is 18.6 Å². The number of nitrogens with zero attached hydrogens (tertiary/aromatic N) is 2. The van der Waals surface area contributed by atoms with Gasteiger partial charge in [-0.25, -0.2) is 0 Å². The number of aromatic nitrogens is 2. The van der Waals surface area contributed by atoms with E-state index in [0.29, 0.717) is 13.2 Å². The number of likely N-dealkylation sites (N-methyl/N-ethyl adjacent to an activating group) is 1. The Morgan fingerprint density at radius 1 is 1.42 bits per heavy atom. The molecular formula is C12H14N4O2Se. The summed E-state index contributed by atoms with van der Waals surface area (Å²) in [6.07, 6.45) is 0. The molecule has 0 saturated carbocycles. The van der Waals surface area contributed by atoms with Crippen LogP contribution in [0.15, 0.2) is 18.2 Å².